The number of rotatable bonds is 4. The SMILES string of the molecule is Cc1cc(C)nc(NC(C)Cc2ccccc2)n1. The average molecular weight is 241 g/mol. The van der Waals surface area contributed by atoms with E-state index in [1.807, 2.05) is 26.0 Å². The van der Waals surface area contributed by atoms with Crippen molar-refractivity contribution in [2.24, 2.45) is 0 Å². The Morgan fingerprint density at radius 2 is 1.67 bits per heavy atom. The highest BCUT2D eigenvalue weighted by molar-refractivity contribution is 5.30. The van der Waals surface area contributed by atoms with Crippen molar-refractivity contribution in [2.45, 2.75) is 33.2 Å². The van der Waals surface area contributed by atoms with Gasteiger partial charge in [0.1, 0.15) is 0 Å². The molecule has 18 heavy (non-hydrogen) atoms. The normalized spacial score (nSPS) is 12.2. The fourth-order valence-electron chi connectivity index (χ4n) is 2.03. The highest BCUT2D eigenvalue weighted by Crippen LogP contribution is 2.09. The monoisotopic (exact) mass is 241 g/mol. The van der Waals surface area contributed by atoms with E-state index in [2.05, 4.69) is 46.5 Å². The molecule has 0 saturated heterocycles. The molecule has 2 rings (SSSR count). The Morgan fingerprint density at radius 3 is 2.28 bits per heavy atom. The molecule has 94 valence electrons. The van der Waals surface area contributed by atoms with Crippen LogP contribution in [0.5, 0.6) is 0 Å². The summed E-state index contributed by atoms with van der Waals surface area (Å²) >= 11 is 0. The first-order chi connectivity index (χ1) is 8.63. The number of hydrogen-bond donors (Lipinski definition) is 1. The predicted octanol–water partition coefficient (Wildman–Crippen LogP) is 3.14. The van der Waals surface area contributed by atoms with Crippen molar-refractivity contribution in [2.75, 3.05) is 5.32 Å². The van der Waals surface area contributed by atoms with Gasteiger partial charge in [-0.1, -0.05) is 30.3 Å². The van der Waals surface area contributed by atoms with Gasteiger partial charge in [-0.3, -0.25) is 0 Å². The minimum Gasteiger partial charge on any atom is -0.351 e. The van der Waals surface area contributed by atoms with E-state index in [4.69, 9.17) is 0 Å². The smallest absolute Gasteiger partial charge is 0.223 e. The largest absolute Gasteiger partial charge is 0.351 e. The summed E-state index contributed by atoms with van der Waals surface area (Å²) < 4.78 is 0. The molecule has 0 spiro atoms. The van der Waals surface area contributed by atoms with Gasteiger partial charge in [0.15, 0.2) is 0 Å². The summed E-state index contributed by atoms with van der Waals surface area (Å²) in [5, 5.41) is 3.35. The van der Waals surface area contributed by atoms with Gasteiger partial charge in [-0.05, 0) is 38.8 Å². The van der Waals surface area contributed by atoms with Gasteiger partial charge in [0.25, 0.3) is 0 Å². The fraction of sp³-hybridized carbons (Fsp3) is 0.333. The van der Waals surface area contributed by atoms with Crippen molar-refractivity contribution in [1.29, 1.82) is 0 Å². The van der Waals surface area contributed by atoms with Crippen LogP contribution >= 0.6 is 0 Å². The summed E-state index contributed by atoms with van der Waals surface area (Å²) in [5.41, 5.74) is 3.32. The lowest BCUT2D eigenvalue weighted by molar-refractivity contribution is 0.774. The van der Waals surface area contributed by atoms with Gasteiger partial charge >= 0.3 is 0 Å². The van der Waals surface area contributed by atoms with Gasteiger partial charge < -0.3 is 5.32 Å². The summed E-state index contributed by atoms with van der Waals surface area (Å²) in [7, 11) is 0. The van der Waals surface area contributed by atoms with E-state index in [1.54, 1.807) is 0 Å². The number of hydrogen-bond acceptors (Lipinski definition) is 3. The van der Waals surface area contributed by atoms with Crippen LogP contribution in [-0.4, -0.2) is 16.0 Å². The third kappa shape index (κ3) is 3.55. The molecule has 0 aliphatic carbocycles. The van der Waals surface area contributed by atoms with Crippen LogP contribution in [0.4, 0.5) is 5.95 Å². The van der Waals surface area contributed by atoms with E-state index < -0.39 is 0 Å². The van der Waals surface area contributed by atoms with Gasteiger partial charge in [-0.2, -0.15) is 0 Å². The molecule has 0 aliphatic heterocycles. The molecule has 1 heterocycles. The third-order valence-corrected chi connectivity index (χ3v) is 2.74. The average Bonchev–Trinajstić information content (AvgIpc) is 2.28. The van der Waals surface area contributed by atoms with Gasteiger partial charge in [0.2, 0.25) is 5.95 Å². The van der Waals surface area contributed by atoms with Crippen LogP contribution in [0.15, 0.2) is 36.4 Å². The molecule has 0 fully saturated rings. The molecule has 3 heteroatoms. The number of benzene rings is 1. The minimum absolute atomic E-state index is 0.314. The van der Waals surface area contributed by atoms with E-state index in [9.17, 15) is 0 Å². The maximum atomic E-state index is 4.39. The predicted molar refractivity (Wildman–Crippen MR) is 74.7 cm³/mol. The number of nitrogens with one attached hydrogen (secondary N) is 1. The molecule has 0 saturated carbocycles. The number of aromatic nitrogens is 2. The lowest BCUT2D eigenvalue weighted by Gasteiger charge is -2.14. The highest BCUT2D eigenvalue weighted by atomic mass is 15.1. The summed E-state index contributed by atoms with van der Waals surface area (Å²) in [4.78, 5) is 8.79. The highest BCUT2D eigenvalue weighted by Gasteiger charge is 2.06. The first kappa shape index (κ1) is 12.6. The first-order valence-corrected chi connectivity index (χ1v) is 6.26. The summed E-state index contributed by atoms with van der Waals surface area (Å²) in [6.07, 6.45) is 0.969. The number of aryl methyl sites for hydroxylation is 2. The molecule has 0 amide bonds. The molecule has 1 aromatic carbocycles. The molecule has 0 radical (unpaired) electrons. The second-order valence-electron chi connectivity index (χ2n) is 4.71. The van der Waals surface area contributed by atoms with Crippen molar-refractivity contribution < 1.29 is 0 Å². The van der Waals surface area contributed by atoms with E-state index in [0.29, 0.717) is 6.04 Å². The Morgan fingerprint density at radius 1 is 1.06 bits per heavy atom. The van der Waals surface area contributed by atoms with Crippen LogP contribution in [0.1, 0.15) is 23.9 Å². The third-order valence-electron chi connectivity index (χ3n) is 2.74. The lowest BCUT2D eigenvalue weighted by atomic mass is 10.1. The fourth-order valence-corrected chi connectivity index (χ4v) is 2.03. The second kappa shape index (κ2) is 5.63. The maximum absolute atomic E-state index is 4.39. The molecular formula is C15H19N3. The van der Waals surface area contributed by atoms with Crippen LogP contribution in [0.3, 0.4) is 0 Å². The molecule has 0 aliphatic rings. The molecule has 2 aromatic rings. The zero-order valence-electron chi connectivity index (χ0n) is 11.1. The van der Waals surface area contributed by atoms with Crippen LogP contribution in [0.2, 0.25) is 0 Å². The van der Waals surface area contributed by atoms with Crippen molar-refractivity contribution >= 4 is 5.95 Å². The van der Waals surface area contributed by atoms with Crippen molar-refractivity contribution in [3.63, 3.8) is 0 Å². The lowest BCUT2D eigenvalue weighted by Crippen LogP contribution is -2.20. The maximum Gasteiger partial charge on any atom is 0.223 e. The molecule has 3 nitrogen and oxygen atoms in total. The number of anilines is 1. The second-order valence-corrected chi connectivity index (χ2v) is 4.71. The molecule has 1 aromatic heterocycles. The van der Waals surface area contributed by atoms with E-state index >= 15 is 0 Å². The van der Waals surface area contributed by atoms with Crippen molar-refractivity contribution in [3.05, 3.63) is 53.3 Å². The topological polar surface area (TPSA) is 37.8 Å². The molecule has 1 atom stereocenters. The van der Waals surface area contributed by atoms with Gasteiger partial charge in [-0.25, -0.2) is 9.97 Å². The zero-order chi connectivity index (χ0) is 13.0. The Bertz CT molecular complexity index is 488. The molecule has 1 N–H and O–H groups in total. The zero-order valence-corrected chi connectivity index (χ0v) is 11.1. The van der Waals surface area contributed by atoms with Crippen LogP contribution in [-0.2, 0) is 6.42 Å². The van der Waals surface area contributed by atoms with Gasteiger partial charge in [0.05, 0.1) is 0 Å². The standard InChI is InChI=1S/C15H19N3/c1-11-9-12(2)17-15(16-11)18-13(3)10-14-7-5-4-6-8-14/h4-9,13H,10H2,1-3H3,(H,16,17,18). The summed E-state index contributed by atoms with van der Waals surface area (Å²) in [5.74, 6) is 0.718. The minimum atomic E-state index is 0.314. The van der Waals surface area contributed by atoms with Crippen molar-refractivity contribution in [1.82, 2.24) is 9.97 Å². The quantitative estimate of drug-likeness (QED) is 0.893. The van der Waals surface area contributed by atoms with Crippen LogP contribution in [0, 0.1) is 13.8 Å². The van der Waals surface area contributed by atoms with E-state index in [-0.39, 0.29) is 0 Å². The first-order valence-electron chi connectivity index (χ1n) is 6.26. The number of nitrogens with zero attached hydrogens (tertiary/aromatic N) is 2. The Kier molecular flexibility index (Phi) is 3.92. The van der Waals surface area contributed by atoms with E-state index in [1.165, 1.54) is 5.56 Å². The summed E-state index contributed by atoms with van der Waals surface area (Å²) in [6.45, 7) is 6.12. The Hall–Kier alpha value is -1.90. The molecule has 1 unspecified atom stereocenters. The van der Waals surface area contributed by atoms with Crippen LogP contribution < -0.4 is 5.32 Å². The summed E-state index contributed by atoms with van der Waals surface area (Å²) in [6, 6.07) is 12.7. The Balaban J connectivity index is 2.01. The van der Waals surface area contributed by atoms with Crippen molar-refractivity contribution in [3.8, 4) is 0 Å². The van der Waals surface area contributed by atoms with Crippen LogP contribution in [0.25, 0.3) is 0 Å². The van der Waals surface area contributed by atoms with E-state index in [0.717, 1.165) is 23.8 Å². The molecule has 0 bridgehead atoms. The Labute approximate surface area is 108 Å². The van der Waals surface area contributed by atoms with Gasteiger partial charge in [0, 0.05) is 17.4 Å². The van der Waals surface area contributed by atoms with Gasteiger partial charge in [-0.15, -0.1) is 0 Å². The molecular weight excluding hydrogens is 222 g/mol.